The van der Waals surface area contributed by atoms with Crippen molar-refractivity contribution < 1.29 is 9.59 Å². The molecule has 40 heavy (non-hydrogen) atoms. The van der Waals surface area contributed by atoms with Crippen LogP contribution in [0.1, 0.15) is 79.1 Å². The lowest BCUT2D eigenvalue weighted by Crippen LogP contribution is -2.30. The first-order valence-electron chi connectivity index (χ1n) is 14.9. The van der Waals surface area contributed by atoms with E-state index in [1.807, 2.05) is 45.2 Å². The van der Waals surface area contributed by atoms with E-state index in [0.717, 1.165) is 43.0 Å². The molecule has 224 valence electrons. The molecule has 1 aliphatic heterocycles. The quantitative estimate of drug-likeness (QED) is 0.117. The van der Waals surface area contributed by atoms with Crippen LogP contribution < -0.4 is 16.0 Å². The van der Waals surface area contributed by atoms with Gasteiger partial charge in [0.05, 0.1) is 6.42 Å². The Morgan fingerprint density at radius 1 is 0.975 bits per heavy atom. The van der Waals surface area contributed by atoms with E-state index in [4.69, 9.17) is 0 Å². The van der Waals surface area contributed by atoms with E-state index in [9.17, 15) is 9.59 Å². The molecule has 0 spiro atoms. The van der Waals surface area contributed by atoms with Gasteiger partial charge in [-0.2, -0.15) is 0 Å². The minimum atomic E-state index is -0.0808. The zero-order chi connectivity index (χ0) is 29.8. The molecule has 0 aromatic heterocycles. The van der Waals surface area contributed by atoms with E-state index in [1.165, 1.54) is 44.3 Å². The molecule has 0 radical (unpaired) electrons. The lowest BCUT2D eigenvalue weighted by molar-refractivity contribution is -0.121. The maximum absolute atomic E-state index is 12.3. The molecule has 0 atom stereocenters. The van der Waals surface area contributed by atoms with Crippen molar-refractivity contribution in [3.8, 4) is 0 Å². The predicted octanol–water partition coefficient (Wildman–Crippen LogP) is 5.58. The average molecular weight is 554 g/mol. The van der Waals surface area contributed by atoms with E-state index >= 15 is 0 Å². The topological polar surface area (TPSA) is 76.7 Å². The van der Waals surface area contributed by atoms with E-state index < -0.39 is 0 Å². The second-order valence-electron chi connectivity index (χ2n) is 10.7. The number of hydrogen-bond donors (Lipinski definition) is 3. The highest BCUT2D eigenvalue weighted by Gasteiger charge is 2.11. The van der Waals surface area contributed by atoms with Crippen LogP contribution >= 0.6 is 0 Å². The van der Waals surface area contributed by atoms with Gasteiger partial charge in [-0.1, -0.05) is 55.9 Å². The summed E-state index contributed by atoms with van der Waals surface area (Å²) in [6.45, 7) is 21.3. The molecule has 1 rings (SSSR count). The highest BCUT2D eigenvalue weighted by molar-refractivity contribution is 5.81. The van der Waals surface area contributed by atoms with Gasteiger partial charge in [-0.05, 0) is 84.7 Å². The highest BCUT2D eigenvalue weighted by Crippen LogP contribution is 2.14. The van der Waals surface area contributed by atoms with Crippen molar-refractivity contribution in [1.29, 1.82) is 0 Å². The molecule has 7 heteroatoms. The average Bonchev–Trinajstić information content (AvgIpc) is 3.20. The van der Waals surface area contributed by atoms with Gasteiger partial charge in [0.15, 0.2) is 0 Å². The van der Waals surface area contributed by atoms with Gasteiger partial charge in [0.2, 0.25) is 11.8 Å². The van der Waals surface area contributed by atoms with E-state index in [-0.39, 0.29) is 18.2 Å². The van der Waals surface area contributed by atoms with E-state index in [2.05, 4.69) is 51.9 Å². The third-order valence-corrected chi connectivity index (χ3v) is 6.98. The number of allylic oxidation sites excluding steroid dienone is 7. The summed E-state index contributed by atoms with van der Waals surface area (Å²) in [6.07, 6.45) is 17.7. The van der Waals surface area contributed by atoms with Crippen LogP contribution in [0, 0.1) is 0 Å². The van der Waals surface area contributed by atoms with Gasteiger partial charge in [-0.3, -0.25) is 9.59 Å². The number of nitrogens with zero attached hydrogens (tertiary/aromatic N) is 2. The second-order valence-corrected chi connectivity index (χ2v) is 10.7. The van der Waals surface area contributed by atoms with Crippen molar-refractivity contribution in [2.24, 2.45) is 0 Å². The summed E-state index contributed by atoms with van der Waals surface area (Å²) in [6, 6.07) is 0. The molecule has 0 aromatic carbocycles. The Balaban J connectivity index is 2.43. The zero-order valence-corrected chi connectivity index (χ0v) is 25.9. The number of likely N-dealkylation sites (N-methyl/N-ethyl adjacent to an activating group) is 1. The van der Waals surface area contributed by atoms with Crippen LogP contribution in [0.5, 0.6) is 0 Å². The molecule has 2 amide bonds. The van der Waals surface area contributed by atoms with Gasteiger partial charge in [0.25, 0.3) is 0 Å². The summed E-state index contributed by atoms with van der Waals surface area (Å²) >= 11 is 0. The first-order chi connectivity index (χ1) is 19.2. The predicted molar refractivity (Wildman–Crippen MR) is 170 cm³/mol. The molecular weight excluding hydrogens is 498 g/mol. The summed E-state index contributed by atoms with van der Waals surface area (Å²) in [5, 5.41) is 9.32. The van der Waals surface area contributed by atoms with Gasteiger partial charge in [-0.15, -0.1) is 0 Å². The van der Waals surface area contributed by atoms with Crippen LogP contribution in [-0.2, 0) is 9.59 Å². The van der Waals surface area contributed by atoms with Gasteiger partial charge in [-0.25, -0.2) is 0 Å². The fourth-order valence-electron chi connectivity index (χ4n) is 4.44. The molecule has 0 saturated carbocycles. The van der Waals surface area contributed by atoms with Crippen molar-refractivity contribution in [2.75, 3.05) is 46.3 Å². The normalized spacial score (nSPS) is 15.5. The van der Waals surface area contributed by atoms with Crippen LogP contribution in [0.15, 0.2) is 71.8 Å². The first kappa shape index (κ1) is 35.0. The van der Waals surface area contributed by atoms with Gasteiger partial charge < -0.3 is 25.8 Å². The van der Waals surface area contributed by atoms with Crippen molar-refractivity contribution in [3.05, 3.63) is 71.8 Å². The summed E-state index contributed by atoms with van der Waals surface area (Å²) < 4.78 is 0. The van der Waals surface area contributed by atoms with Crippen LogP contribution in [0.2, 0.25) is 0 Å². The maximum atomic E-state index is 12.3. The molecule has 1 heterocycles. The second kappa shape index (κ2) is 20.8. The Kier molecular flexibility index (Phi) is 18.2. The van der Waals surface area contributed by atoms with Gasteiger partial charge in [0, 0.05) is 50.2 Å². The fourth-order valence-corrected chi connectivity index (χ4v) is 4.44. The van der Waals surface area contributed by atoms with Crippen molar-refractivity contribution in [2.45, 2.75) is 79.1 Å². The SMILES string of the molecule is C=C(C)NC(=O)CC(=C/C)/C(=C\C=C/C)NC/C(C)=C/CN(C)C(=C)CCC(=O)NCCCN1CCCCCC1. The smallest absolute Gasteiger partial charge is 0.228 e. The first-order valence-corrected chi connectivity index (χ1v) is 14.9. The number of amides is 2. The third-order valence-electron chi connectivity index (χ3n) is 6.98. The van der Waals surface area contributed by atoms with Crippen LogP contribution in [-0.4, -0.2) is 67.9 Å². The third kappa shape index (κ3) is 16.1. The Hall–Kier alpha value is -3.06. The molecule has 1 fully saturated rings. The summed E-state index contributed by atoms with van der Waals surface area (Å²) in [4.78, 5) is 29.2. The monoisotopic (exact) mass is 553 g/mol. The number of rotatable bonds is 18. The van der Waals surface area contributed by atoms with Crippen LogP contribution in [0.4, 0.5) is 0 Å². The van der Waals surface area contributed by atoms with Gasteiger partial charge >= 0.3 is 0 Å². The van der Waals surface area contributed by atoms with E-state index in [0.29, 0.717) is 25.1 Å². The molecule has 7 nitrogen and oxygen atoms in total. The molecular formula is C33H55N5O2. The Labute approximate surface area is 244 Å². The lowest BCUT2D eigenvalue weighted by atomic mass is 10.1. The fraction of sp³-hybridized carbons (Fsp3) is 0.576. The standard InChI is InChI=1S/C33H55N5O2/c1-8-10-16-31(30(9-2)25-33(40)36-27(3)4)35-26-28(5)19-24-37(7)29(6)17-18-32(39)34-20-15-23-38-21-13-11-12-14-22-38/h8-10,16,19,35H,3,6,11-15,17-18,20-26H2,1-2,4-5,7H3,(H,34,39)(H,36,40)/b10-8-,28-19+,30-9-,31-16+. The number of hydrogen-bond acceptors (Lipinski definition) is 5. The summed E-state index contributed by atoms with van der Waals surface area (Å²) in [5.74, 6) is 0.0150. The van der Waals surface area contributed by atoms with E-state index in [1.54, 1.807) is 6.92 Å². The highest BCUT2D eigenvalue weighted by atomic mass is 16.2. The molecule has 0 bridgehead atoms. The van der Waals surface area contributed by atoms with Crippen molar-refractivity contribution >= 4 is 11.8 Å². The molecule has 1 saturated heterocycles. The van der Waals surface area contributed by atoms with Gasteiger partial charge in [0.1, 0.15) is 0 Å². The Morgan fingerprint density at radius 2 is 1.68 bits per heavy atom. The number of carbonyl (C=O) groups excluding carboxylic acids is 2. The molecule has 0 aromatic rings. The minimum Gasteiger partial charge on any atom is -0.381 e. The van der Waals surface area contributed by atoms with Crippen molar-refractivity contribution in [1.82, 2.24) is 25.8 Å². The number of likely N-dealkylation sites (tertiary alicyclic amines) is 1. The molecule has 1 aliphatic rings. The van der Waals surface area contributed by atoms with Crippen LogP contribution in [0.3, 0.4) is 0 Å². The Bertz CT molecular complexity index is 936. The molecule has 3 N–H and O–H groups in total. The largest absolute Gasteiger partial charge is 0.381 e. The molecule has 0 unspecified atom stereocenters. The lowest BCUT2D eigenvalue weighted by Gasteiger charge is -2.21. The summed E-state index contributed by atoms with van der Waals surface area (Å²) in [5.41, 5.74) is 4.60. The Morgan fingerprint density at radius 3 is 2.30 bits per heavy atom. The van der Waals surface area contributed by atoms with Crippen LogP contribution in [0.25, 0.3) is 0 Å². The molecule has 0 aliphatic carbocycles. The summed E-state index contributed by atoms with van der Waals surface area (Å²) in [7, 11) is 2.01. The number of carbonyl (C=O) groups is 2. The maximum Gasteiger partial charge on any atom is 0.228 e. The van der Waals surface area contributed by atoms with Crippen molar-refractivity contribution in [3.63, 3.8) is 0 Å². The number of nitrogens with one attached hydrogen (secondary N) is 3. The zero-order valence-electron chi connectivity index (χ0n) is 25.9. The minimum absolute atomic E-state index is 0.0808.